The zero-order valence-corrected chi connectivity index (χ0v) is 11.4. The Morgan fingerprint density at radius 3 is 2.65 bits per heavy atom. The largest absolute Gasteiger partial charge is 0.399 e. The van der Waals surface area contributed by atoms with Crippen LogP contribution in [0.1, 0.15) is 31.2 Å². The van der Waals surface area contributed by atoms with Gasteiger partial charge in [-0.1, -0.05) is 12.1 Å². The fourth-order valence-corrected chi connectivity index (χ4v) is 3.42. The highest BCUT2D eigenvalue weighted by molar-refractivity contribution is 5.92. The number of aliphatic hydroxyl groups is 1. The predicted molar refractivity (Wildman–Crippen MR) is 78.8 cm³/mol. The molecule has 2 bridgehead atoms. The molecule has 3 N–H and O–H groups in total. The Kier molecular flexibility index (Phi) is 3.49. The summed E-state index contributed by atoms with van der Waals surface area (Å²) in [7, 11) is 0. The Balaban J connectivity index is 1.71. The normalized spacial score (nSPS) is 29.1. The Labute approximate surface area is 118 Å². The number of amides is 1. The van der Waals surface area contributed by atoms with Crippen LogP contribution >= 0.6 is 0 Å². The van der Waals surface area contributed by atoms with Crippen LogP contribution in [-0.4, -0.2) is 34.1 Å². The molecule has 0 aliphatic carbocycles. The van der Waals surface area contributed by atoms with Crippen LogP contribution in [0.25, 0.3) is 6.08 Å². The van der Waals surface area contributed by atoms with Gasteiger partial charge in [0.2, 0.25) is 5.91 Å². The molecule has 1 aromatic rings. The van der Waals surface area contributed by atoms with Gasteiger partial charge in [-0.25, -0.2) is 0 Å². The molecule has 1 aromatic carbocycles. The van der Waals surface area contributed by atoms with Crippen LogP contribution in [0.4, 0.5) is 5.69 Å². The van der Waals surface area contributed by atoms with E-state index in [1.165, 1.54) is 0 Å². The van der Waals surface area contributed by atoms with Crippen molar-refractivity contribution in [2.75, 3.05) is 5.73 Å². The summed E-state index contributed by atoms with van der Waals surface area (Å²) in [6.45, 7) is 0. The lowest BCUT2D eigenvalue weighted by Gasteiger charge is -2.36. The smallest absolute Gasteiger partial charge is 0.247 e. The fourth-order valence-electron chi connectivity index (χ4n) is 3.42. The molecular weight excluding hydrogens is 252 g/mol. The van der Waals surface area contributed by atoms with E-state index in [1.807, 2.05) is 35.2 Å². The van der Waals surface area contributed by atoms with Crippen LogP contribution in [0.5, 0.6) is 0 Å². The predicted octanol–water partition coefficient (Wildman–Crippen LogP) is 1.80. The number of carbonyl (C=O) groups excluding carboxylic acids is 1. The summed E-state index contributed by atoms with van der Waals surface area (Å²) in [5, 5.41) is 9.76. The van der Waals surface area contributed by atoms with E-state index in [2.05, 4.69) is 0 Å². The van der Waals surface area contributed by atoms with Crippen LogP contribution in [0.3, 0.4) is 0 Å². The van der Waals surface area contributed by atoms with Gasteiger partial charge in [-0.3, -0.25) is 4.79 Å². The Morgan fingerprint density at radius 2 is 2.00 bits per heavy atom. The Hall–Kier alpha value is -1.81. The highest BCUT2D eigenvalue weighted by atomic mass is 16.3. The summed E-state index contributed by atoms with van der Waals surface area (Å²) < 4.78 is 0. The summed E-state index contributed by atoms with van der Waals surface area (Å²) in [6, 6.07) is 7.89. The molecule has 4 heteroatoms. The van der Waals surface area contributed by atoms with Gasteiger partial charge in [0.15, 0.2) is 0 Å². The first-order chi connectivity index (χ1) is 9.63. The number of aliphatic hydroxyl groups excluding tert-OH is 1. The molecule has 2 aliphatic rings. The average Bonchev–Trinajstić information content (AvgIpc) is 2.68. The summed E-state index contributed by atoms with van der Waals surface area (Å²) in [4.78, 5) is 14.3. The molecule has 2 fully saturated rings. The van der Waals surface area contributed by atoms with Gasteiger partial charge < -0.3 is 15.7 Å². The number of piperidine rings is 1. The molecule has 2 atom stereocenters. The molecule has 106 valence electrons. The van der Waals surface area contributed by atoms with Gasteiger partial charge in [0.25, 0.3) is 0 Å². The second-order valence-electron chi connectivity index (χ2n) is 5.76. The standard InChI is InChI=1S/C16H20N2O2/c17-12-3-1-2-11(8-12)4-7-16(20)18-13-5-6-14(18)10-15(19)9-13/h1-4,7-8,13-15,19H,5-6,9-10,17H2/b7-4+. The van der Waals surface area contributed by atoms with Crippen molar-refractivity contribution in [3.05, 3.63) is 35.9 Å². The molecule has 2 saturated heterocycles. The van der Waals surface area contributed by atoms with Gasteiger partial charge in [0, 0.05) is 23.8 Å². The molecule has 2 aliphatic heterocycles. The minimum absolute atomic E-state index is 0.0480. The van der Waals surface area contributed by atoms with Crippen molar-refractivity contribution in [3.63, 3.8) is 0 Å². The number of nitrogens with two attached hydrogens (primary N) is 1. The number of hydrogen-bond acceptors (Lipinski definition) is 3. The van der Waals surface area contributed by atoms with E-state index in [-0.39, 0.29) is 24.1 Å². The maximum absolute atomic E-state index is 12.4. The number of benzene rings is 1. The molecule has 2 heterocycles. The van der Waals surface area contributed by atoms with Crippen molar-refractivity contribution in [1.29, 1.82) is 0 Å². The van der Waals surface area contributed by atoms with Crippen LogP contribution in [0.15, 0.2) is 30.3 Å². The first kappa shape index (κ1) is 13.2. The van der Waals surface area contributed by atoms with E-state index in [9.17, 15) is 9.90 Å². The van der Waals surface area contributed by atoms with Crippen LogP contribution in [0.2, 0.25) is 0 Å². The van der Waals surface area contributed by atoms with Crippen molar-refractivity contribution in [2.45, 2.75) is 43.9 Å². The number of carbonyl (C=O) groups is 1. The average molecular weight is 272 g/mol. The van der Waals surface area contributed by atoms with Crippen molar-refractivity contribution in [3.8, 4) is 0 Å². The molecule has 1 amide bonds. The number of nitrogen functional groups attached to an aromatic ring is 1. The van der Waals surface area contributed by atoms with E-state index >= 15 is 0 Å². The van der Waals surface area contributed by atoms with E-state index in [0.717, 1.165) is 18.4 Å². The third-order valence-corrected chi connectivity index (χ3v) is 4.29. The lowest BCUT2D eigenvalue weighted by Crippen LogP contribution is -2.47. The maximum Gasteiger partial charge on any atom is 0.247 e. The molecule has 0 radical (unpaired) electrons. The third-order valence-electron chi connectivity index (χ3n) is 4.29. The first-order valence-electron chi connectivity index (χ1n) is 7.17. The first-order valence-corrected chi connectivity index (χ1v) is 7.17. The highest BCUT2D eigenvalue weighted by Gasteiger charge is 2.41. The van der Waals surface area contributed by atoms with E-state index in [0.29, 0.717) is 18.5 Å². The van der Waals surface area contributed by atoms with E-state index in [1.54, 1.807) is 6.08 Å². The zero-order chi connectivity index (χ0) is 14.1. The topological polar surface area (TPSA) is 66.6 Å². The van der Waals surface area contributed by atoms with Crippen molar-refractivity contribution >= 4 is 17.7 Å². The highest BCUT2D eigenvalue weighted by Crippen LogP contribution is 2.35. The van der Waals surface area contributed by atoms with Crippen molar-refractivity contribution < 1.29 is 9.90 Å². The number of rotatable bonds is 2. The summed E-state index contributed by atoms with van der Waals surface area (Å²) in [6.07, 6.45) is 6.65. The summed E-state index contributed by atoms with van der Waals surface area (Å²) in [5.74, 6) is 0.0480. The minimum atomic E-state index is -0.241. The summed E-state index contributed by atoms with van der Waals surface area (Å²) in [5.41, 5.74) is 7.35. The number of nitrogens with zero attached hydrogens (tertiary/aromatic N) is 1. The molecule has 2 unspecified atom stereocenters. The molecule has 0 saturated carbocycles. The molecule has 20 heavy (non-hydrogen) atoms. The van der Waals surface area contributed by atoms with Crippen LogP contribution in [-0.2, 0) is 4.79 Å². The van der Waals surface area contributed by atoms with E-state index in [4.69, 9.17) is 5.73 Å². The van der Waals surface area contributed by atoms with Crippen LogP contribution in [0, 0.1) is 0 Å². The Bertz CT molecular complexity index is 527. The van der Waals surface area contributed by atoms with Gasteiger partial charge in [-0.15, -0.1) is 0 Å². The second kappa shape index (κ2) is 5.29. The number of anilines is 1. The van der Waals surface area contributed by atoms with E-state index < -0.39 is 0 Å². The van der Waals surface area contributed by atoms with Crippen molar-refractivity contribution in [1.82, 2.24) is 4.90 Å². The Morgan fingerprint density at radius 1 is 1.30 bits per heavy atom. The molecule has 0 spiro atoms. The summed E-state index contributed by atoms with van der Waals surface area (Å²) >= 11 is 0. The lowest BCUT2D eigenvalue weighted by molar-refractivity contribution is -0.131. The molecule has 3 rings (SSSR count). The SMILES string of the molecule is Nc1cccc(/C=C/C(=O)N2C3CCC2CC(O)C3)c1. The maximum atomic E-state index is 12.4. The molecule has 4 nitrogen and oxygen atoms in total. The number of fused-ring (bicyclic) bond motifs is 2. The van der Waals surface area contributed by atoms with Gasteiger partial charge in [-0.05, 0) is 49.5 Å². The quantitative estimate of drug-likeness (QED) is 0.637. The van der Waals surface area contributed by atoms with Gasteiger partial charge in [-0.2, -0.15) is 0 Å². The van der Waals surface area contributed by atoms with Gasteiger partial charge >= 0.3 is 0 Å². The van der Waals surface area contributed by atoms with Crippen molar-refractivity contribution in [2.24, 2.45) is 0 Å². The zero-order valence-electron chi connectivity index (χ0n) is 11.4. The van der Waals surface area contributed by atoms with Crippen LogP contribution < -0.4 is 5.73 Å². The van der Waals surface area contributed by atoms with Gasteiger partial charge in [0.05, 0.1) is 6.10 Å². The second-order valence-corrected chi connectivity index (χ2v) is 5.76. The lowest BCUT2D eigenvalue weighted by atomic mass is 10.00. The monoisotopic (exact) mass is 272 g/mol. The molecule has 0 aromatic heterocycles. The molecular formula is C16H20N2O2. The third kappa shape index (κ3) is 2.56. The number of hydrogen-bond donors (Lipinski definition) is 2. The minimum Gasteiger partial charge on any atom is -0.399 e. The fraction of sp³-hybridized carbons (Fsp3) is 0.438. The van der Waals surface area contributed by atoms with Gasteiger partial charge in [0.1, 0.15) is 0 Å².